The lowest BCUT2D eigenvalue weighted by Gasteiger charge is -2.14. The van der Waals surface area contributed by atoms with E-state index in [9.17, 15) is 18.0 Å². The number of imidazole rings is 1. The highest BCUT2D eigenvalue weighted by Gasteiger charge is 2.33. The summed E-state index contributed by atoms with van der Waals surface area (Å²) in [5, 5.41) is 6.43. The summed E-state index contributed by atoms with van der Waals surface area (Å²) >= 11 is 0. The summed E-state index contributed by atoms with van der Waals surface area (Å²) in [6.45, 7) is 0. The summed E-state index contributed by atoms with van der Waals surface area (Å²) in [7, 11) is 1.85. The van der Waals surface area contributed by atoms with Crippen molar-refractivity contribution in [1.82, 2.24) is 14.5 Å². The topological polar surface area (TPSA) is 71.8 Å². The van der Waals surface area contributed by atoms with E-state index in [0.29, 0.717) is 28.0 Å². The fourth-order valence-electron chi connectivity index (χ4n) is 3.69. The number of rotatable bonds is 4. The second kappa shape index (κ2) is 8.18. The minimum Gasteiger partial charge on any atom is -0.355 e. The highest BCUT2D eigenvalue weighted by atomic mass is 19.4. The molecule has 0 aliphatic rings. The van der Waals surface area contributed by atoms with Crippen LogP contribution in [0.2, 0.25) is 0 Å². The highest BCUT2D eigenvalue weighted by molar-refractivity contribution is 6.06. The Hall–Kier alpha value is -4.40. The molecule has 0 saturated carbocycles. The minimum atomic E-state index is -4.56. The SMILES string of the molecule is Cn1cnc2ccc(C(=O)Nc3ccc(Nc4cc(C(F)(F)F)nc5ccccc45)cc3)cc21. The van der Waals surface area contributed by atoms with Gasteiger partial charge in [0.15, 0.2) is 0 Å². The van der Waals surface area contributed by atoms with Crippen molar-refractivity contribution in [3.05, 3.63) is 90.4 Å². The molecular weight excluding hydrogens is 443 g/mol. The summed E-state index contributed by atoms with van der Waals surface area (Å²) in [5.74, 6) is -0.279. The maximum atomic E-state index is 13.3. The van der Waals surface area contributed by atoms with Gasteiger partial charge in [-0.2, -0.15) is 13.2 Å². The molecule has 2 heterocycles. The largest absolute Gasteiger partial charge is 0.433 e. The molecule has 2 aromatic heterocycles. The lowest BCUT2D eigenvalue weighted by molar-refractivity contribution is -0.140. The number of aromatic nitrogens is 3. The van der Waals surface area contributed by atoms with Crippen LogP contribution in [0.3, 0.4) is 0 Å². The van der Waals surface area contributed by atoms with E-state index in [1.165, 1.54) is 6.07 Å². The van der Waals surface area contributed by atoms with Crippen molar-refractivity contribution >= 4 is 44.9 Å². The molecule has 0 aliphatic heterocycles. The molecule has 5 aromatic rings. The Morgan fingerprint density at radius 3 is 2.41 bits per heavy atom. The number of carbonyl (C=O) groups is 1. The fourth-order valence-corrected chi connectivity index (χ4v) is 3.69. The molecule has 6 nitrogen and oxygen atoms in total. The van der Waals surface area contributed by atoms with Gasteiger partial charge in [-0.3, -0.25) is 4.79 Å². The molecule has 170 valence electrons. The summed E-state index contributed by atoms with van der Waals surface area (Å²) in [5.41, 5.74) is 2.81. The molecule has 0 atom stereocenters. The number of nitrogens with zero attached hydrogens (tertiary/aromatic N) is 3. The van der Waals surface area contributed by atoms with Crippen molar-refractivity contribution in [2.24, 2.45) is 7.05 Å². The second-order valence-electron chi connectivity index (χ2n) is 7.79. The van der Waals surface area contributed by atoms with Gasteiger partial charge in [-0.05, 0) is 54.6 Å². The van der Waals surface area contributed by atoms with Gasteiger partial charge in [0.05, 0.1) is 28.6 Å². The molecule has 0 spiro atoms. The Morgan fingerprint density at radius 1 is 0.912 bits per heavy atom. The van der Waals surface area contributed by atoms with Gasteiger partial charge < -0.3 is 15.2 Å². The number of alkyl halides is 3. The number of nitrogens with one attached hydrogen (secondary N) is 2. The summed E-state index contributed by atoms with van der Waals surface area (Å²) in [6.07, 6.45) is -2.88. The predicted molar refractivity (Wildman–Crippen MR) is 125 cm³/mol. The smallest absolute Gasteiger partial charge is 0.355 e. The molecule has 34 heavy (non-hydrogen) atoms. The second-order valence-corrected chi connectivity index (χ2v) is 7.79. The molecule has 9 heteroatoms. The average Bonchev–Trinajstić information content (AvgIpc) is 3.19. The Balaban J connectivity index is 1.37. The van der Waals surface area contributed by atoms with Gasteiger partial charge in [0, 0.05) is 29.4 Å². The Kier molecular flexibility index (Phi) is 5.16. The van der Waals surface area contributed by atoms with Crippen molar-refractivity contribution in [2.45, 2.75) is 6.18 Å². The van der Waals surface area contributed by atoms with Crippen LogP contribution in [-0.4, -0.2) is 20.4 Å². The predicted octanol–water partition coefficient (Wildman–Crippen LogP) is 6.14. The zero-order chi connectivity index (χ0) is 23.9. The van der Waals surface area contributed by atoms with Crippen LogP contribution in [0.5, 0.6) is 0 Å². The lowest BCUT2D eigenvalue weighted by atomic mass is 10.1. The van der Waals surface area contributed by atoms with E-state index in [1.807, 2.05) is 11.6 Å². The Morgan fingerprint density at radius 2 is 1.65 bits per heavy atom. The number of benzene rings is 3. The first-order valence-electron chi connectivity index (χ1n) is 10.3. The zero-order valence-electron chi connectivity index (χ0n) is 17.9. The normalized spacial score (nSPS) is 11.6. The van der Waals surface area contributed by atoms with E-state index in [2.05, 4.69) is 20.6 Å². The van der Waals surface area contributed by atoms with Gasteiger partial charge in [0.1, 0.15) is 5.69 Å². The fraction of sp³-hybridized carbons (Fsp3) is 0.0800. The van der Waals surface area contributed by atoms with Crippen LogP contribution in [-0.2, 0) is 13.2 Å². The molecule has 2 N–H and O–H groups in total. The van der Waals surface area contributed by atoms with Crippen molar-refractivity contribution in [2.75, 3.05) is 10.6 Å². The number of fused-ring (bicyclic) bond motifs is 2. The highest BCUT2D eigenvalue weighted by Crippen LogP contribution is 2.34. The molecule has 3 aromatic carbocycles. The third-order valence-electron chi connectivity index (χ3n) is 5.42. The molecular formula is C25H18F3N5O. The van der Waals surface area contributed by atoms with Crippen LogP contribution in [0.25, 0.3) is 21.9 Å². The van der Waals surface area contributed by atoms with Gasteiger partial charge in [-0.15, -0.1) is 0 Å². The monoisotopic (exact) mass is 461 g/mol. The third kappa shape index (κ3) is 4.15. The van der Waals surface area contributed by atoms with Crippen LogP contribution >= 0.6 is 0 Å². The maximum absolute atomic E-state index is 13.3. The molecule has 1 amide bonds. The number of para-hydroxylation sites is 1. The number of hydrogen-bond acceptors (Lipinski definition) is 4. The van der Waals surface area contributed by atoms with E-state index in [1.54, 1.807) is 67.0 Å². The summed E-state index contributed by atoms with van der Waals surface area (Å²) in [6, 6.07) is 19.6. The Labute approximate surface area is 192 Å². The van der Waals surface area contributed by atoms with E-state index in [-0.39, 0.29) is 11.4 Å². The number of halogens is 3. The van der Waals surface area contributed by atoms with Crippen molar-refractivity contribution in [3.8, 4) is 0 Å². The summed E-state index contributed by atoms with van der Waals surface area (Å²) in [4.78, 5) is 20.6. The molecule has 0 aliphatic carbocycles. The molecule has 0 fully saturated rings. The third-order valence-corrected chi connectivity index (χ3v) is 5.42. The van der Waals surface area contributed by atoms with E-state index in [0.717, 1.165) is 17.1 Å². The van der Waals surface area contributed by atoms with Crippen LogP contribution in [0.4, 0.5) is 30.2 Å². The molecule has 0 radical (unpaired) electrons. The lowest BCUT2D eigenvalue weighted by Crippen LogP contribution is -2.12. The minimum absolute atomic E-state index is 0.245. The van der Waals surface area contributed by atoms with Crippen LogP contribution in [0.15, 0.2) is 79.1 Å². The van der Waals surface area contributed by atoms with E-state index < -0.39 is 11.9 Å². The number of carbonyl (C=O) groups excluding carboxylic acids is 1. The van der Waals surface area contributed by atoms with Crippen LogP contribution in [0, 0.1) is 0 Å². The summed E-state index contributed by atoms with van der Waals surface area (Å²) < 4.78 is 41.7. The number of anilines is 3. The maximum Gasteiger partial charge on any atom is 0.433 e. The zero-order valence-corrected chi connectivity index (χ0v) is 17.9. The van der Waals surface area contributed by atoms with Crippen molar-refractivity contribution in [1.29, 1.82) is 0 Å². The van der Waals surface area contributed by atoms with Gasteiger partial charge in [-0.25, -0.2) is 9.97 Å². The number of amides is 1. The first kappa shape index (κ1) is 21.4. The van der Waals surface area contributed by atoms with Gasteiger partial charge in [0.2, 0.25) is 0 Å². The first-order valence-corrected chi connectivity index (χ1v) is 10.3. The molecule has 5 rings (SSSR count). The van der Waals surface area contributed by atoms with Crippen LogP contribution < -0.4 is 10.6 Å². The van der Waals surface area contributed by atoms with Crippen molar-refractivity contribution < 1.29 is 18.0 Å². The quantitative estimate of drug-likeness (QED) is 0.337. The van der Waals surface area contributed by atoms with Gasteiger partial charge in [0.25, 0.3) is 5.91 Å². The van der Waals surface area contributed by atoms with Gasteiger partial charge >= 0.3 is 6.18 Å². The standard InChI is InChI=1S/C25H18F3N5O/c1-33-14-29-20-11-6-15(12-22(20)33)24(34)31-17-9-7-16(8-10-17)30-21-13-23(25(26,27)28)32-19-5-3-2-4-18(19)21/h2-14H,1H3,(H,30,32)(H,31,34). The Bertz CT molecular complexity index is 1520. The van der Waals surface area contributed by atoms with E-state index in [4.69, 9.17) is 0 Å². The van der Waals surface area contributed by atoms with Gasteiger partial charge in [-0.1, -0.05) is 18.2 Å². The number of aryl methyl sites for hydroxylation is 1. The number of pyridine rings is 1. The molecule has 0 saturated heterocycles. The first-order chi connectivity index (χ1) is 16.3. The van der Waals surface area contributed by atoms with Crippen LogP contribution in [0.1, 0.15) is 16.1 Å². The van der Waals surface area contributed by atoms with E-state index >= 15 is 0 Å². The molecule has 0 unspecified atom stereocenters. The average molecular weight is 461 g/mol. The van der Waals surface area contributed by atoms with Crippen molar-refractivity contribution in [3.63, 3.8) is 0 Å². The molecule has 0 bridgehead atoms. The number of hydrogen-bond donors (Lipinski definition) is 2.